The molecule has 2 aliphatic rings. The highest BCUT2D eigenvalue weighted by molar-refractivity contribution is 5.81. The lowest BCUT2D eigenvalue weighted by Crippen LogP contribution is -2.40. The summed E-state index contributed by atoms with van der Waals surface area (Å²) in [6.07, 6.45) is 0.688. The van der Waals surface area contributed by atoms with E-state index in [0.29, 0.717) is 26.2 Å². The van der Waals surface area contributed by atoms with E-state index in [-0.39, 0.29) is 11.1 Å². The van der Waals surface area contributed by atoms with Gasteiger partial charge in [0.1, 0.15) is 11.6 Å². The van der Waals surface area contributed by atoms with Gasteiger partial charge in [0, 0.05) is 38.3 Å². The first kappa shape index (κ1) is 17.6. The molecule has 1 saturated heterocycles. The summed E-state index contributed by atoms with van der Waals surface area (Å²) in [6.45, 7) is 4.18. The number of nitrogens with zero attached hydrogens (tertiary/aromatic N) is 5. The van der Waals surface area contributed by atoms with Crippen molar-refractivity contribution in [1.82, 2.24) is 15.0 Å². The second-order valence-electron chi connectivity index (χ2n) is 7.26. The molecule has 8 heteroatoms. The van der Waals surface area contributed by atoms with Crippen LogP contribution < -0.4 is 15.4 Å². The molecule has 0 unspecified atom stereocenters. The number of para-hydroxylation sites is 2. The number of ether oxygens (including phenoxy) is 1. The molecule has 1 N–H and O–H groups in total. The summed E-state index contributed by atoms with van der Waals surface area (Å²) in [7, 11) is 0. The normalized spacial score (nSPS) is 16.5. The van der Waals surface area contributed by atoms with Crippen LogP contribution in [0.25, 0.3) is 11.0 Å². The second-order valence-corrected chi connectivity index (χ2v) is 7.26. The quantitative estimate of drug-likeness (QED) is 0.712. The van der Waals surface area contributed by atoms with Crippen molar-refractivity contribution >= 4 is 22.7 Å². The summed E-state index contributed by atoms with van der Waals surface area (Å²) >= 11 is 0. The Labute approximate surface area is 167 Å². The maximum atomic E-state index is 11.9. The number of hydrogen-bond donors (Lipinski definition) is 1. The first-order chi connectivity index (χ1) is 14.2. The summed E-state index contributed by atoms with van der Waals surface area (Å²) in [6, 6.07) is 11.6. The minimum absolute atomic E-state index is 0.142. The van der Waals surface area contributed by atoms with Gasteiger partial charge in [-0.2, -0.15) is 5.26 Å². The summed E-state index contributed by atoms with van der Waals surface area (Å²) in [5.41, 5.74) is 3.39. The number of H-pyrrole nitrogens is 1. The zero-order valence-electron chi connectivity index (χ0n) is 15.9. The molecule has 8 nitrogen and oxygen atoms in total. The van der Waals surface area contributed by atoms with Gasteiger partial charge >= 0.3 is 0 Å². The molecule has 0 bridgehead atoms. The van der Waals surface area contributed by atoms with Crippen LogP contribution in [0.4, 0.5) is 11.6 Å². The van der Waals surface area contributed by atoms with Crippen molar-refractivity contribution in [2.45, 2.75) is 13.0 Å². The molecule has 29 heavy (non-hydrogen) atoms. The van der Waals surface area contributed by atoms with Gasteiger partial charge in [0.2, 0.25) is 0 Å². The number of aromatic nitrogens is 3. The van der Waals surface area contributed by atoms with Gasteiger partial charge in [-0.15, -0.1) is 0 Å². The molecule has 2 aromatic heterocycles. The minimum Gasteiger partial charge on any atom is -0.378 e. The minimum atomic E-state index is -0.320. The highest BCUT2D eigenvalue weighted by Crippen LogP contribution is 2.32. The maximum Gasteiger partial charge on any atom is 0.266 e. The molecule has 3 aromatic rings. The van der Waals surface area contributed by atoms with Crippen LogP contribution in [0.1, 0.15) is 16.8 Å². The number of aromatic amines is 1. The average molecular weight is 388 g/mol. The molecule has 146 valence electrons. The van der Waals surface area contributed by atoms with Crippen molar-refractivity contribution in [1.29, 1.82) is 5.26 Å². The molecule has 0 saturated carbocycles. The van der Waals surface area contributed by atoms with Crippen LogP contribution in [0.3, 0.4) is 0 Å². The zero-order valence-corrected chi connectivity index (χ0v) is 15.9. The van der Waals surface area contributed by atoms with Crippen molar-refractivity contribution in [3.8, 4) is 6.07 Å². The Morgan fingerprint density at radius 3 is 2.41 bits per heavy atom. The Balaban J connectivity index is 1.59. The van der Waals surface area contributed by atoms with Crippen LogP contribution in [-0.4, -0.2) is 47.8 Å². The SMILES string of the molecule is N#Cc1cc2c([nH]c1=O)CCN(c1nc3ccccc3nc1N1CCOCC1)C2. The van der Waals surface area contributed by atoms with E-state index < -0.39 is 0 Å². The third-order valence-corrected chi connectivity index (χ3v) is 5.47. The number of pyridine rings is 1. The first-order valence-electron chi connectivity index (χ1n) is 9.72. The van der Waals surface area contributed by atoms with Gasteiger partial charge in [-0.25, -0.2) is 9.97 Å². The molecule has 0 radical (unpaired) electrons. The third-order valence-electron chi connectivity index (χ3n) is 5.47. The molecular formula is C21H20N6O2. The first-order valence-corrected chi connectivity index (χ1v) is 9.72. The third kappa shape index (κ3) is 3.19. The standard InChI is InChI=1S/C21H20N6O2/c22-12-14-11-15-13-27(6-5-16(15)25-21(14)28)20-19(26-7-9-29-10-8-26)23-17-3-1-2-4-18(17)24-20/h1-4,11H,5-10,13H2,(H,25,28). The smallest absolute Gasteiger partial charge is 0.266 e. The number of rotatable bonds is 2. The monoisotopic (exact) mass is 388 g/mol. The largest absolute Gasteiger partial charge is 0.378 e. The highest BCUT2D eigenvalue weighted by Gasteiger charge is 2.26. The lowest BCUT2D eigenvalue weighted by molar-refractivity contribution is 0.122. The van der Waals surface area contributed by atoms with E-state index >= 15 is 0 Å². The lowest BCUT2D eigenvalue weighted by atomic mass is 10.0. The van der Waals surface area contributed by atoms with E-state index in [0.717, 1.165) is 53.6 Å². The van der Waals surface area contributed by atoms with Gasteiger partial charge in [0.05, 0.1) is 24.2 Å². The van der Waals surface area contributed by atoms with E-state index in [1.54, 1.807) is 6.07 Å². The number of anilines is 2. The molecule has 0 spiro atoms. The zero-order chi connectivity index (χ0) is 19.8. The molecule has 5 rings (SSSR count). The van der Waals surface area contributed by atoms with Crippen LogP contribution in [0.5, 0.6) is 0 Å². The van der Waals surface area contributed by atoms with Crippen molar-refractivity contribution < 1.29 is 4.74 Å². The molecule has 2 aliphatic heterocycles. The topological polar surface area (TPSA) is 98.1 Å². The molecule has 4 heterocycles. The van der Waals surface area contributed by atoms with E-state index in [4.69, 9.17) is 14.7 Å². The van der Waals surface area contributed by atoms with Crippen molar-refractivity contribution in [3.05, 3.63) is 57.5 Å². The van der Waals surface area contributed by atoms with E-state index in [1.807, 2.05) is 30.3 Å². The Kier molecular flexibility index (Phi) is 4.37. The predicted octanol–water partition coefficient (Wildman–Crippen LogP) is 1.59. The number of nitriles is 1. The van der Waals surface area contributed by atoms with E-state index in [1.165, 1.54) is 0 Å². The molecule has 0 aliphatic carbocycles. The van der Waals surface area contributed by atoms with Crippen molar-refractivity contribution in [2.24, 2.45) is 0 Å². The van der Waals surface area contributed by atoms with Crippen LogP contribution >= 0.6 is 0 Å². The Morgan fingerprint density at radius 2 is 1.72 bits per heavy atom. The fraction of sp³-hybridized carbons (Fsp3) is 0.333. The molecule has 1 aromatic carbocycles. The number of hydrogen-bond acceptors (Lipinski definition) is 7. The van der Waals surface area contributed by atoms with Gasteiger partial charge < -0.3 is 19.5 Å². The van der Waals surface area contributed by atoms with Gasteiger partial charge in [-0.1, -0.05) is 12.1 Å². The van der Waals surface area contributed by atoms with Crippen LogP contribution in [0.2, 0.25) is 0 Å². The van der Waals surface area contributed by atoms with Gasteiger partial charge in [0.25, 0.3) is 5.56 Å². The van der Waals surface area contributed by atoms with Gasteiger partial charge in [0.15, 0.2) is 11.6 Å². The van der Waals surface area contributed by atoms with Crippen LogP contribution in [0.15, 0.2) is 35.1 Å². The van der Waals surface area contributed by atoms with Gasteiger partial charge in [-0.3, -0.25) is 4.79 Å². The van der Waals surface area contributed by atoms with Gasteiger partial charge in [-0.05, 0) is 23.8 Å². The van der Waals surface area contributed by atoms with Crippen LogP contribution in [0, 0.1) is 11.3 Å². The molecule has 0 atom stereocenters. The Hall–Kier alpha value is -3.44. The Morgan fingerprint density at radius 1 is 1.03 bits per heavy atom. The predicted molar refractivity (Wildman–Crippen MR) is 109 cm³/mol. The van der Waals surface area contributed by atoms with Crippen LogP contribution in [-0.2, 0) is 17.7 Å². The maximum absolute atomic E-state index is 11.9. The summed E-state index contributed by atoms with van der Waals surface area (Å²) in [5, 5.41) is 9.21. The highest BCUT2D eigenvalue weighted by atomic mass is 16.5. The number of nitrogens with one attached hydrogen (secondary N) is 1. The fourth-order valence-corrected chi connectivity index (χ4v) is 3.95. The number of fused-ring (bicyclic) bond motifs is 2. The number of benzene rings is 1. The van der Waals surface area contributed by atoms with Crippen molar-refractivity contribution in [2.75, 3.05) is 42.6 Å². The number of morpholine rings is 1. The summed E-state index contributed by atoms with van der Waals surface area (Å²) < 4.78 is 5.51. The Bertz CT molecular complexity index is 1180. The summed E-state index contributed by atoms with van der Waals surface area (Å²) in [4.78, 5) is 29.1. The second kappa shape index (κ2) is 7.18. The summed E-state index contributed by atoms with van der Waals surface area (Å²) in [5.74, 6) is 1.70. The van der Waals surface area contributed by atoms with E-state index in [9.17, 15) is 10.1 Å². The molecular weight excluding hydrogens is 368 g/mol. The average Bonchev–Trinajstić information content (AvgIpc) is 2.78. The lowest BCUT2D eigenvalue weighted by Gasteiger charge is -2.34. The molecule has 0 amide bonds. The molecule has 1 fully saturated rings. The fourth-order valence-electron chi connectivity index (χ4n) is 3.95. The van der Waals surface area contributed by atoms with E-state index in [2.05, 4.69) is 14.8 Å². The van der Waals surface area contributed by atoms with Crippen molar-refractivity contribution in [3.63, 3.8) is 0 Å².